The fourth-order valence-corrected chi connectivity index (χ4v) is 3.27. The van der Waals surface area contributed by atoms with E-state index >= 15 is 0 Å². The van der Waals surface area contributed by atoms with E-state index in [4.69, 9.17) is 9.47 Å². The highest BCUT2D eigenvalue weighted by Crippen LogP contribution is 2.25. The first-order valence-corrected chi connectivity index (χ1v) is 11.8. The van der Waals surface area contributed by atoms with Crippen molar-refractivity contribution in [3.63, 3.8) is 0 Å². The third kappa shape index (κ3) is 7.95. The molecule has 0 N–H and O–H groups in total. The van der Waals surface area contributed by atoms with Crippen LogP contribution in [0.5, 0.6) is 23.0 Å². The van der Waals surface area contributed by atoms with E-state index < -0.39 is 9.85 Å². The summed E-state index contributed by atoms with van der Waals surface area (Å²) in [7, 11) is 0. The molecule has 0 bridgehead atoms. The smallest absolute Gasteiger partial charge is 0.269 e. The van der Waals surface area contributed by atoms with Crippen molar-refractivity contribution in [1.82, 2.24) is 0 Å². The number of hydrogen-bond donors (Lipinski definition) is 0. The lowest BCUT2D eigenvalue weighted by molar-refractivity contribution is -0.385. The van der Waals surface area contributed by atoms with Gasteiger partial charge in [-0.1, -0.05) is 0 Å². The molecular weight excluding hydrogens is 666 g/mol. The Hall–Kier alpha value is -3.26. The van der Waals surface area contributed by atoms with Gasteiger partial charge in [-0.2, -0.15) is 0 Å². The normalized spacial score (nSPS) is 9.94. The van der Waals surface area contributed by atoms with Gasteiger partial charge >= 0.3 is 0 Å². The molecule has 0 saturated carbocycles. The van der Waals surface area contributed by atoms with Gasteiger partial charge in [-0.05, 0) is 118 Å². The zero-order valence-corrected chi connectivity index (χ0v) is 21.7. The monoisotopic (exact) mass is 682 g/mol. The number of hydrogen-bond acceptors (Lipinski definition) is 6. The Morgan fingerprint density at radius 1 is 0.471 bits per heavy atom. The zero-order valence-electron chi connectivity index (χ0n) is 17.3. The summed E-state index contributed by atoms with van der Waals surface area (Å²) >= 11 is 4.42. The fraction of sp³-hybridized carbons (Fsp3) is 0. The van der Waals surface area contributed by atoms with E-state index in [0.29, 0.717) is 23.0 Å². The van der Waals surface area contributed by atoms with Crippen molar-refractivity contribution in [3.8, 4) is 23.0 Å². The molecule has 0 radical (unpaired) electrons. The van der Waals surface area contributed by atoms with Crippen molar-refractivity contribution in [3.05, 3.63) is 124 Å². The summed E-state index contributed by atoms with van der Waals surface area (Å²) < 4.78 is 13.3. The van der Waals surface area contributed by atoms with E-state index in [1.807, 2.05) is 48.5 Å². The van der Waals surface area contributed by atoms with E-state index in [2.05, 4.69) is 45.2 Å². The van der Waals surface area contributed by atoms with Gasteiger partial charge in [-0.3, -0.25) is 20.2 Å². The average Bonchev–Trinajstić information content (AvgIpc) is 2.83. The number of nitrogens with zero attached hydrogens (tertiary/aromatic N) is 2. The molecule has 8 nitrogen and oxygen atoms in total. The second-order valence-electron chi connectivity index (χ2n) is 6.61. The van der Waals surface area contributed by atoms with Crippen LogP contribution in [0.4, 0.5) is 11.4 Å². The number of ether oxygens (including phenoxy) is 2. The van der Waals surface area contributed by atoms with Gasteiger partial charge < -0.3 is 9.47 Å². The van der Waals surface area contributed by atoms with Crippen LogP contribution < -0.4 is 9.47 Å². The Morgan fingerprint density at radius 2 is 0.706 bits per heavy atom. The average molecular weight is 682 g/mol. The van der Waals surface area contributed by atoms with Crippen LogP contribution in [0.3, 0.4) is 0 Å². The van der Waals surface area contributed by atoms with Crippen molar-refractivity contribution < 1.29 is 19.3 Å². The lowest BCUT2D eigenvalue weighted by atomic mass is 10.3. The highest BCUT2D eigenvalue weighted by Gasteiger charge is 2.06. The summed E-state index contributed by atoms with van der Waals surface area (Å²) in [6, 6.07) is 27.1. The highest BCUT2D eigenvalue weighted by molar-refractivity contribution is 14.1. The molecule has 0 aliphatic heterocycles. The van der Waals surface area contributed by atoms with Crippen molar-refractivity contribution in [2.24, 2.45) is 0 Å². The van der Waals surface area contributed by atoms with Gasteiger partial charge in [0.1, 0.15) is 23.0 Å². The molecule has 0 spiro atoms. The largest absolute Gasteiger partial charge is 0.457 e. The lowest BCUT2D eigenvalue weighted by Gasteiger charge is -2.04. The van der Waals surface area contributed by atoms with Gasteiger partial charge in [0.25, 0.3) is 11.4 Å². The van der Waals surface area contributed by atoms with Crippen LogP contribution >= 0.6 is 45.2 Å². The molecule has 0 atom stereocenters. The molecule has 0 aliphatic carbocycles. The Kier molecular flexibility index (Phi) is 9.16. The van der Waals surface area contributed by atoms with E-state index in [9.17, 15) is 20.2 Å². The fourth-order valence-electron chi connectivity index (χ4n) is 2.55. The van der Waals surface area contributed by atoms with Gasteiger partial charge in [0.2, 0.25) is 0 Å². The topological polar surface area (TPSA) is 105 Å². The third-order valence-electron chi connectivity index (χ3n) is 4.19. The van der Waals surface area contributed by atoms with Crippen molar-refractivity contribution in [2.75, 3.05) is 0 Å². The van der Waals surface area contributed by atoms with Crippen molar-refractivity contribution in [1.29, 1.82) is 0 Å². The van der Waals surface area contributed by atoms with Crippen LogP contribution in [0, 0.1) is 27.4 Å². The molecule has 0 heterocycles. The van der Waals surface area contributed by atoms with Crippen molar-refractivity contribution >= 4 is 56.6 Å². The Balaban J connectivity index is 0.000000191. The number of nitro benzene ring substituents is 2. The first-order valence-electron chi connectivity index (χ1n) is 9.66. The second-order valence-corrected chi connectivity index (χ2v) is 9.11. The molecule has 0 amide bonds. The first-order chi connectivity index (χ1) is 16.3. The number of non-ortho nitro benzene ring substituents is 2. The van der Waals surface area contributed by atoms with Gasteiger partial charge in [0.05, 0.1) is 9.85 Å². The van der Waals surface area contributed by atoms with Crippen LogP contribution in [-0.4, -0.2) is 9.85 Å². The molecular formula is C24H16I2N2O6. The Morgan fingerprint density at radius 3 is 0.941 bits per heavy atom. The molecule has 10 heteroatoms. The van der Waals surface area contributed by atoms with Crippen LogP contribution in [0.25, 0.3) is 0 Å². The molecule has 4 aromatic rings. The first kappa shape index (κ1) is 25.4. The summed E-state index contributed by atoms with van der Waals surface area (Å²) in [5.74, 6) is 2.58. The molecule has 0 aliphatic rings. The standard InChI is InChI=1S/2C12H8INO3/c2*13-9-1-5-11(6-2-9)17-12-7-3-10(4-8-12)14(15)16/h2*1-8H. The minimum atomic E-state index is -0.436. The number of rotatable bonds is 6. The lowest BCUT2D eigenvalue weighted by Crippen LogP contribution is -1.88. The predicted octanol–water partition coefficient (Wildman–Crippen LogP) is 7.98. The Bertz CT molecular complexity index is 1150. The molecule has 4 aromatic carbocycles. The van der Waals surface area contributed by atoms with E-state index in [-0.39, 0.29) is 11.4 Å². The molecule has 4 rings (SSSR count). The maximum atomic E-state index is 10.5. The summed E-state index contributed by atoms with van der Waals surface area (Å²) in [6.07, 6.45) is 0. The molecule has 172 valence electrons. The van der Waals surface area contributed by atoms with Crippen LogP contribution in [-0.2, 0) is 0 Å². The Labute approximate surface area is 222 Å². The SMILES string of the molecule is O=[N+]([O-])c1ccc(Oc2ccc(I)cc2)cc1.O=[N+]([O-])c1ccc(Oc2ccc(I)cc2)cc1. The van der Waals surface area contributed by atoms with E-state index in [0.717, 1.165) is 7.14 Å². The summed E-state index contributed by atoms with van der Waals surface area (Å²) in [5, 5.41) is 20.9. The molecule has 0 unspecified atom stereocenters. The van der Waals surface area contributed by atoms with Gasteiger partial charge in [0.15, 0.2) is 0 Å². The van der Waals surface area contributed by atoms with Gasteiger partial charge in [0, 0.05) is 31.4 Å². The second kappa shape index (κ2) is 12.3. The van der Waals surface area contributed by atoms with Gasteiger partial charge in [-0.25, -0.2) is 0 Å². The number of benzene rings is 4. The van der Waals surface area contributed by atoms with Crippen LogP contribution in [0.1, 0.15) is 0 Å². The summed E-state index contributed by atoms with van der Waals surface area (Å²) in [4.78, 5) is 20.1. The highest BCUT2D eigenvalue weighted by atomic mass is 127. The van der Waals surface area contributed by atoms with E-state index in [1.165, 1.54) is 24.3 Å². The molecule has 0 aromatic heterocycles. The minimum absolute atomic E-state index is 0.0555. The van der Waals surface area contributed by atoms with Crippen LogP contribution in [0.2, 0.25) is 0 Å². The summed E-state index contributed by atoms with van der Waals surface area (Å²) in [5.41, 5.74) is 0.111. The third-order valence-corrected chi connectivity index (χ3v) is 5.63. The molecule has 0 saturated heterocycles. The quantitative estimate of drug-likeness (QED) is 0.116. The minimum Gasteiger partial charge on any atom is -0.457 e. The van der Waals surface area contributed by atoms with Gasteiger partial charge in [-0.15, -0.1) is 0 Å². The predicted molar refractivity (Wildman–Crippen MR) is 145 cm³/mol. The maximum Gasteiger partial charge on any atom is 0.269 e. The summed E-state index contributed by atoms with van der Waals surface area (Å²) in [6.45, 7) is 0. The van der Waals surface area contributed by atoms with E-state index in [1.54, 1.807) is 24.3 Å². The molecule has 34 heavy (non-hydrogen) atoms. The number of nitro groups is 2. The van der Waals surface area contributed by atoms with Crippen LogP contribution in [0.15, 0.2) is 97.1 Å². The zero-order chi connectivity index (χ0) is 24.5. The maximum absolute atomic E-state index is 10.5. The van der Waals surface area contributed by atoms with Crippen molar-refractivity contribution in [2.45, 2.75) is 0 Å². The molecule has 0 fully saturated rings. The number of halogens is 2.